The van der Waals surface area contributed by atoms with Crippen LogP contribution >= 0.6 is 0 Å². The molecule has 0 saturated carbocycles. The first-order valence-corrected chi connectivity index (χ1v) is 3.87. The minimum absolute atomic E-state index is 0.252. The highest BCUT2D eigenvalue weighted by Gasteiger charge is 2.29. The third-order valence-electron chi connectivity index (χ3n) is 1.36. The van der Waals surface area contributed by atoms with E-state index in [1.54, 1.807) is 13.8 Å². The lowest BCUT2D eigenvalue weighted by atomic mass is 10.2. The van der Waals surface area contributed by atoms with Crippen molar-refractivity contribution in [3.8, 4) is 0 Å². The zero-order valence-electron chi connectivity index (χ0n) is 7.65. The Hall–Kier alpha value is -1.23. The molecule has 0 radical (unpaired) electrons. The van der Waals surface area contributed by atoms with Gasteiger partial charge in [0.05, 0.1) is 12.3 Å². The number of carbonyl (C=O) groups excluding carboxylic acids is 3. The van der Waals surface area contributed by atoms with E-state index in [0.29, 0.717) is 6.29 Å². The van der Waals surface area contributed by atoms with Gasteiger partial charge in [0.2, 0.25) is 5.72 Å². The molecule has 0 saturated heterocycles. The predicted octanol–water partition coefficient (Wildman–Crippen LogP) is -0.372. The normalized spacial score (nSPS) is 14.8. The van der Waals surface area contributed by atoms with Crippen molar-refractivity contribution >= 4 is 18.5 Å². The predicted molar refractivity (Wildman–Crippen MR) is 44.6 cm³/mol. The fraction of sp³-hybridized carbons (Fsp3) is 0.625. The number of esters is 1. The highest BCUT2D eigenvalue weighted by molar-refractivity contribution is 5.77. The molecule has 0 bridgehead atoms. The van der Waals surface area contributed by atoms with Crippen LogP contribution in [0.2, 0.25) is 0 Å². The SMILES string of the molecule is CC(C)C(=O)OC(N)(C=O)CC=O. The van der Waals surface area contributed by atoms with Crippen molar-refractivity contribution in [3.63, 3.8) is 0 Å². The summed E-state index contributed by atoms with van der Waals surface area (Å²) in [6.07, 6.45) is 0.360. The third kappa shape index (κ3) is 3.80. The van der Waals surface area contributed by atoms with Gasteiger partial charge in [-0.05, 0) is 0 Å². The van der Waals surface area contributed by atoms with Gasteiger partial charge in [0, 0.05) is 0 Å². The van der Waals surface area contributed by atoms with Gasteiger partial charge >= 0.3 is 5.97 Å². The van der Waals surface area contributed by atoms with Gasteiger partial charge in [-0.3, -0.25) is 15.3 Å². The van der Waals surface area contributed by atoms with Crippen molar-refractivity contribution in [2.45, 2.75) is 26.0 Å². The van der Waals surface area contributed by atoms with Crippen LogP contribution in [0.4, 0.5) is 0 Å². The molecule has 74 valence electrons. The summed E-state index contributed by atoms with van der Waals surface area (Å²) < 4.78 is 4.63. The van der Waals surface area contributed by atoms with E-state index in [9.17, 15) is 14.4 Å². The molecule has 5 nitrogen and oxygen atoms in total. The van der Waals surface area contributed by atoms with Gasteiger partial charge in [-0.25, -0.2) is 0 Å². The maximum absolute atomic E-state index is 11.0. The van der Waals surface area contributed by atoms with Crippen LogP contribution in [0.5, 0.6) is 0 Å². The summed E-state index contributed by atoms with van der Waals surface area (Å²) in [5, 5.41) is 0. The molecule has 2 N–H and O–H groups in total. The van der Waals surface area contributed by atoms with Gasteiger partial charge in [0.15, 0.2) is 6.29 Å². The van der Waals surface area contributed by atoms with E-state index in [4.69, 9.17) is 5.73 Å². The molecule has 1 unspecified atom stereocenters. The van der Waals surface area contributed by atoms with Crippen LogP contribution < -0.4 is 5.73 Å². The number of nitrogens with two attached hydrogens (primary N) is 1. The number of carbonyl (C=O) groups is 3. The van der Waals surface area contributed by atoms with E-state index in [1.807, 2.05) is 0 Å². The third-order valence-corrected chi connectivity index (χ3v) is 1.36. The lowest BCUT2D eigenvalue weighted by molar-refractivity contribution is -0.166. The Bertz CT molecular complexity index is 214. The molecular formula is C8H13NO4. The molecule has 0 heterocycles. The summed E-state index contributed by atoms with van der Waals surface area (Å²) in [6.45, 7) is 3.21. The maximum atomic E-state index is 11.0. The molecule has 0 spiro atoms. The van der Waals surface area contributed by atoms with Crippen LogP contribution in [0, 0.1) is 5.92 Å². The van der Waals surface area contributed by atoms with Gasteiger partial charge in [-0.2, -0.15) is 0 Å². The van der Waals surface area contributed by atoms with E-state index in [1.165, 1.54) is 0 Å². The summed E-state index contributed by atoms with van der Waals surface area (Å²) in [6, 6.07) is 0. The standard InChI is InChI=1S/C8H13NO4/c1-6(2)7(12)13-8(9,5-11)3-4-10/h4-6H,3,9H2,1-2H3. The van der Waals surface area contributed by atoms with E-state index in [-0.39, 0.29) is 18.6 Å². The van der Waals surface area contributed by atoms with Crippen molar-refractivity contribution in [2.75, 3.05) is 0 Å². The second-order valence-electron chi connectivity index (χ2n) is 3.02. The summed E-state index contributed by atoms with van der Waals surface area (Å²) >= 11 is 0. The van der Waals surface area contributed by atoms with E-state index < -0.39 is 11.7 Å². The minimum Gasteiger partial charge on any atom is -0.436 e. The number of hydrogen-bond acceptors (Lipinski definition) is 5. The van der Waals surface area contributed by atoms with Gasteiger partial charge in [-0.15, -0.1) is 0 Å². The molecule has 0 amide bonds. The van der Waals surface area contributed by atoms with Crippen LogP contribution in [-0.4, -0.2) is 24.3 Å². The molecule has 13 heavy (non-hydrogen) atoms. The van der Waals surface area contributed by atoms with Crippen LogP contribution in [0.15, 0.2) is 0 Å². The lowest BCUT2D eigenvalue weighted by Crippen LogP contribution is -2.47. The summed E-state index contributed by atoms with van der Waals surface area (Å²) in [4.78, 5) is 31.5. The molecule has 0 aliphatic heterocycles. The molecule has 5 heteroatoms. The van der Waals surface area contributed by atoms with Gasteiger partial charge in [-0.1, -0.05) is 13.8 Å². The number of hydrogen-bond donors (Lipinski definition) is 1. The van der Waals surface area contributed by atoms with Gasteiger partial charge < -0.3 is 9.53 Å². The molecule has 0 aromatic heterocycles. The Labute approximate surface area is 76.2 Å². The molecule has 0 aromatic carbocycles. The first kappa shape index (κ1) is 11.8. The fourth-order valence-corrected chi connectivity index (χ4v) is 0.549. The van der Waals surface area contributed by atoms with E-state index in [0.717, 1.165) is 0 Å². The highest BCUT2D eigenvalue weighted by atomic mass is 16.6. The summed E-state index contributed by atoms with van der Waals surface area (Å²) in [7, 11) is 0. The Kier molecular flexibility index (Phi) is 4.27. The Morgan fingerprint density at radius 3 is 2.38 bits per heavy atom. The Balaban J connectivity index is 4.34. The molecule has 0 aliphatic carbocycles. The monoisotopic (exact) mass is 187 g/mol. The smallest absolute Gasteiger partial charge is 0.310 e. The topological polar surface area (TPSA) is 86.5 Å². The van der Waals surface area contributed by atoms with Crippen LogP contribution in [-0.2, 0) is 19.1 Å². The maximum Gasteiger partial charge on any atom is 0.310 e. The average molecular weight is 187 g/mol. The Morgan fingerprint density at radius 1 is 1.54 bits per heavy atom. The summed E-state index contributed by atoms with van der Waals surface area (Å²) in [5.41, 5.74) is 3.50. The van der Waals surface area contributed by atoms with Crippen LogP contribution in [0.25, 0.3) is 0 Å². The molecule has 0 aliphatic rings. The largest absolute Gasteiger partial charge is 0.436 e. The van der Waals surface area contributed by atoms with Crippen LogP contribution in [0.1, 0.15) is 20.3 Å². The fourth-order valence-electron chi connectivity index (χ4n) is 0.549. The number of aldehydes is 2. The second kappa shape index (κ2) is 4.71. The first-order chi connectivity index (χ1) is 5.95. The van der Waals surface area contributed by atoms with Crippen molar-refractivity contribution in [2.24, 2.45) is 11.7 Å². The highest BCUT2D eigenvalue weighted by Crippen LogP contribution is 2.07. The zero-order chi connectivity index (χ0) is 10.5. The zero-order valence-corrected chi connectivity index (χ0v) is 7.65. The molecule has 0 fully saturated rings. The van der Waals surface area contributed by atoms with Crippen molar-refractivity contribution < 1.29 is 19.1 Å². The van der Waals surface area contributed by atoms with Crippen molar-refractivity contribution in [1.29, 1.82) is 0 Å². The Morgan fingerprint density at radius 2 is 2.08 bits per heavy atom. The quantitative estimate of drug-likeness (QED) is 0.360. The molecule has 0 rings (SSSR count). The lowest BCUT2D eigenvalue weighted by Gasteiger charge is -2.21. The molecule has 0 aromatic rings. The first-order valence-electron chi connectivity index (χ1n) is 3.87. The minimum atomic E-state index is -1.80. The molecule has 1 atom stereocenters. The van der Waals surface area contributed by atoms with E-state index >= 15 is 0 Å². The van der Waals surface area contributed by atoms with Crippen molar-refractivity contribution in [3.05, 3.63) is 0 Å². The van der Waals surface area contributed by atoms with Gasteiger partial charge in [0.25, 0.3) is 0 Å². The van der Waals surface area contributed by atoms with E-state index in [2.05, 4.69) is 4.74 Å². The average Bonchev–Trinajstić information content (AvgIpc) is 2.04. The number of rotatable bonds is 5. The number of ether oxygens (including phenoxy) is 1. The van der Waals surface area contributed by atoms with Gasteiger partial charge in [0.1, 0.15) is 6.29 Å². The summed E-state index contributed by atoms with van der Waals surface area (Å²) in [5.74, 6) is -0.981. The van der Waals surface area contributed by atoms with Crippen molar-refractivity contribution in [1.82, 2.24) is 0 Å². The molecular weight excluding hydrogens is 174 g/mol. The van der Waals surface area contributed by atoms with Crippen LogP contribution in [0.3, 0.4) is 0 Å². The second-order valence-corrected chi connectivity index (χ2v) is 3.02.